The molecule has 0 spiro atoms. The summed E-state index contributed by atoms with van der Waals surface area (Å²) in [5.41, 5.74) is 9.68. The molecule has 0 atom stereocenters. The van der Waals surface area contributed by atoms with Gasteiger partial charge in [0.25, 0.3) is 0 Å². The molecular weight excluding hydrogens is 1520 g/mol. The van der Waals surface area contributed by atoms with E-state index in [1.54, 1.807) is 173 Å². The molecule has 17 nitrogen and oxygen atoms in total. The van der Waals surface area contributed by atoms with E-state index >= 15 is 0 Å². The first-order valence-electron chi connectivity index (χ1n) is 38.1. The van der Waals surface area contributed by atoms with Gasteiger partial charge in [-0.15, -0.1) is 0 Å². The van der Waals surface area contributed by atoms with Crippen molar-refractivity contribution in [2.75, 3.05) is 41.1 Å². The number of aromatic nitrogens is 2. The van der Waals surface area contributed by atoms with E-state index in [1.807, 2.05) is 117 Å². The first kappa shape index (κ1) is 83.8. The maximum atomic E-state index is 13.8. The molecule has 0 amide bonds. The molecule has 598 valence electrons. The molecule has 0 saturated carbocycles. The molecular formula is C96H97N3O14S3. The fourth-order valence-corrected chi connectivity index (χ4v) is 17.1. The maximum Gasteiger partial charge on any atom is 0.206 e. The minimum absolute atomic E-state index is 0.147. The number of ether oxygens (including phenoxy) is 8. The minimum Gasteiger partial charge on any atom is -0.497 e. The Morgan fingerprint density at radius 3 is 1.02 bits per heavy atom. The van der Waals surface area contributed by atoms with Gasteiger partial charge in [0, 0.05) is 60.0 Å². The van der Waals surface area contributed by atoms with Crippen LogP contribution in [0.5, 0.6) is 57.5 Å². The predicted octanol–water partition coefficient (Wildman–Crippen LogP) is 21.2. The summed E-state index contributed by atoms with van der Waals surface area (Å²) in [6, 6.07) is 83.6. The lowest BCUT2D eigenvalue weighted by atomic mass is 9.77. The monoisotopic (exact) mass is 1610 g/mol. The van der Waals surface area contributed by atoms with Gasteiger partial charge in [0.2, 0.25) is 29.5 Å². The van der Waals surface area contributed by atoms with Crippen molar-refractivity contribution in [3.05, 3.63) is 353 Å². The van der Waals surface area contributed by atoms with Gasteiger partial charge in [-0.25, -0.2) is 30.2 Å². The van der Waals surface area contributed by atoms with Crippen LogP contribution in [0, 0.1) is 13.8 Å². The Labute approximate surface area is 682 Å². The van der Waals surface area contributed by atoms with Crippen molar-refractivity contribution in [1.29, 1.82) is 0 Å². The smallest absolute Gasteiger partial charge is 0.206 e. The van der Waals surface area contributed by atoms with E-state index in [0.717, 1.165) is 81.1 Å². The summed E-state index contributed by atoms with van der Waals surface area (Å²) in [6.07, 6.45) is 6.60. The number of imidazole rings is 1. The van der Waals surface area contributed by atoms with Crippen molar-refractivity contribution in [1.82, 2.24) is 14.9 Å². The van der Waals surface area contributed by atoms with Crippen molar-refractivity contribution >= 4 is 29.5 Å². The Morgan fingerprint density at radius 1 is 0.353 bits per heavy atom. The Balaban J connectivity index is 0.000000224. The summed E-state index contributed by atoms with van der Waals surface area (Å²) in [5.74, 6) is 6.26. The molecule has 0 saturated heterocycles. The van der Waals surface area contributed by atoms with E-state index in [-0.39, 0.29) is 45.6 Å². The Morgan fingerprint density at radius 2 is 0.672 bits per heavy atom. The second-order valence-electron chi connectivity index (χ2n) is 29.8. The van der Waals surface area contributed by atoms with Gasteiger partial charge in [0.05, 0.1) is 69.7 Å². The summed E-state index contributed by atoms with van der Waals surface area (Å²) in [5, 5.41) is 3.56. The van der Waals surface area contributed by atoms with Gasteiger partial charge < -0.3 is 47.8 Å². The molecule has 13 aromatic rings. The van der Waals surface area contributed by atoms with Gasteiger partial charge >= 0.3 is 0 Å². The number of benzene rings is 12. The largest absolute Gasteiger partial charge is 0.497 e. The fraction of sp³-hybridized carbons (Fsp3) is 0.219. The van der Waals surface area contributed by atoms with Gasteiger partial charge in [-0.05, 0) is 254 Å². The van der Waals surface area contributed by atoms with Crippen LogP contribution in [0.1, 0.15) is 104 Å². The van der Waals surface area contributed by atoms with Crippen LogP contribution in [0.4, 0.5) is 0 Å². The van der Waals surface area contributed by atoms with Gasteiger partial charge in [-0.1, -0.05) is 138 Å². The van der Waals surface area contributed by atoms with Crippen LogP contribution in [-0.4, -0.2) is 75.9 Å². The molecule has 0 bridgehead atoms. The average molecular weight is 1610 g/mol. The highest BCUT2D eigenvalue weighted by Gasteiger charge is 2.29. The third-order valence-corrected chi connectivity index (χ3v) is 26.1. The van der Waals surface area contributed by atoms with Crippen molar-refractivity contribution in [2.45, 2.75) is 127 Å². The SMILES string of the molecule is COCCOCc1cc(C(C)(C)c2ccc(OC)cc2)ccc1Oc1ccc(S(=O)(=O)c2ccc(Oc3ccc(C(C)(C)c4ccc(OC)c(CNCCCn5ccnc5)c4)cc3)cc2)cc1.Cc1ccc(S(=O)(=O)c2ccc(Oc3ccc(C(C)(C)c4ccc(Oc5ccc(S(=O)(=O)c6ccc(C)cc6)cc5)cc4)cc3)cc2)cc1. The molecule has 0 aliphatic carbocycles. The van der Waals surface area contributed by atoms with Crippen LogP contribution in [-0.2, 0) is 74.9 Å². The number of hydrogen-bond acceptors (Lipinski definition) is 16. The molecule has 12 aromatic carbocycles. The zero-order valence-electron chi connectivity index (χ0n) is 67.1. The lowest BCUT2D eigenvalue weighted by Crippen LogP contribution is -2.21. The van der Waals surface area contributed by atoms with Gasteiger partial charge in [-0.3, -0.25) is 0 Å². The molecule has 0 fully saturated rings. The lowest BCUT2D eigenvalue weighted by molar-refractivity contribution is 0.0609. The number of sulfone groups is 3. The van der Waals surface area contributed by atoms with Crippen LogP contribution < -0.4 is 33.7 Å². The Hall–Kier alpha value is -11.6. The van der Waals surface area contributed by atoms with Crippen molar-refractivity contribution in [3.63, 3.8) is 0 Å². The minimum atomic E-state index is -3.83. The van der Waals surface area contributed by atoms with E-state index in [2.05, 4.69) is 98.9 Å². The molecule has 1 aromatic heterocycles. The van der Waals surface area contributed by atoms with Crippen molar-refractivity contribution in [3.8, 4) is 57.5 Å². The van der Waals surface area contributed by atoms with E-state index < -0.39 is 29.5 Å². The molecule has 20 heteroatoms. The van der Waals surface area contributed by atoms with Crippen LogP contribution in [0.2, 0.25) is 0 Å². The van der Waals surface area contributed by atoms with Crippen LogP contribution >= 0.6 is 0 Å². The quantitative estimate of drug-likeness (QED) is 0.0380. The summed E-state index contributed by atoms with van der Waals surface area (Å²) >= 11 is 0. The standard InChI is InChI=1S/C55H61N3O8S.C41H36O6S2/c1-54(2,44-13-27-52(63-7)40(35-44)37-56-29-8-31-58-32-30-57-39-58)43-11-17-47(18-12-43)65-48-19-23-50(24-20-48)67(59,60)51-25-21-49(22-26-51)66-53-28-14-45(36-41(53)38-64-34-33-61-5)55(3,4)42-9-15-46(62-6)16-10-42;1-29-5-21-37(22-6-29)48(42,43)39-25-17-35(18-26-39)46-33-13-9-31(10-14-33)41(3,4)32-11-15-34(16-12-32)47-36-19-27-40(28-20-36)49(44,45)38-23-7-30(2)8-24-38/h9-28,30,32,35-36,39,56H,8,29,31,33-34,37-38H2,1-7H3;5-28H,1-4H3. The Kier molecular flexibility index (Phi) is 26.7. The fourth-order valence-electron chi connectivity index (χ4n) is 13.3. The van der Waals surface area contributed by atoms with E-state index in [4.69, 9.17) is 37.9 Å². The van der Waals surface area contributed by atoms with E-state index in [9.17, 15) is 25.3 Å². The third kappa shape index (κ3) is 20.4. The number of nitrogens with one attached hydrogen (secondary N) is 1. The highest BCUT2D eigenvalue weighted by atomic mass is 32.2. The Bertz CT molecular complexity index is 5610. The van der Waals surface area contributed by atoms with Crippen molar-refractivity contribution in [2.24, 2.45) is 0 Å². The number of rotatable bonds is 33. The van der Waals surface area contributed by atoms with Crippen LogP contribution in [0.15, 0.2) is 327 Å². The molecule has 1 N–H and O–H groups in total. The zero-order chi connectivity index (χ0) is 82.3. The highest BCUT2D eigenvalue weighted by molar-refractivity contribution is 7.92. The summed E-state index contributed by atoms with van der Waals surface area (Å²) in [4.78, 5) is 5.34. The maximum absolute atomic E-state index is 13.8. The number of hydrogen-bond donors (Lipinski definition) is 1. The van der Waals surface area contributed by atoms with Gasteiger partial charge in [-0.2, -0.15) is 0 Å². The molecule has 0 radical (unpaired) electrons. The predicted molar refractivity (Wildman–Crippen MR) is 453 cm³/mol. The van der Waals surface area contributed by atoms with Crippen molar-refractivity contribution < 1.29 is 63.1 Å². The molecule has 1 heterocycles. The average Bonchev–Trinajstić information content (AvgIpc) is 0.792. The zero-order valence-corrected chi connectivity index (χ0v) is 69.5. The number of nitrogens with zero attached hydrogens (tertiary/aromatic N) is 2. The second kappa shape index (κ2) is 36.9. The summed E-state index contributed by atoms with van der Waals surface area (Å²) in [7, 11) is -6.06. The van der Waals surface area contributed by atoms with Gasteiger partial charge in [0.15, 0.2) is 0 Å². The molecule has 13 rings (SSSR count). The third-order valence-electron chi connectivity index (χ3n) is 20.8. The van der Waals surface area contributed by atoms with Crippen LogP contribution in [0.25, 0.3) is 0 Å². The molecule has 0 aliphatic heterocycles. The summed E-state index contributed by atoms with van der Waals surface area (Å²) in [6.45, 7) is 20.5. The summed E-state index contributed by atoms with van der Waals surface area (Å²) < 4.78 is 128. The number of methoxy groups -OCH3 is 3. The van der Waals surface area contributed by atoms with E-state index in [0.29, 0.717) is 72.4 Å². The molecule has 116 heavy (non-hydrogen) atoms. The topological polar surface area (TPSA) is 206 Å². The highest BCUT2D eigenvalue weighted by Crippen LogP contribution is 2.41. The normalized spacial score (nSPS) is 12.0. The number of aryl methyl sites for hydroxylation is 3. The van der Waals surface area contributed by atoms with E-state index in [1.165, 1.54) is 5.56 Å². The van der Waals surface area contributed by atoms with Crippen LogP contribution in [0.3, 0.4) is 0 Å². The van der Waals surface area contributed by atoms with Gasteiger partial charge in [0.1, 0.15) is 57.5 Å². The first-order valence-corrected chi connectivity index (χ1v) is 42.6. The molecule has 0 unspecified atom stereocenters. The first-order chi connectivity index (χ1) is 55.6. The molecule has 0 aliphatic rings. The lowest BCUT2D eigenvalue weighted by Gasteiger charge is -2.27. The second-order valence-corrected chi connectivity index (χ2v) is 35.7.